The van der Waals surface area contributed by atoms with Crippen molar-refractivity contribution in [3.8, 4) is 0 Å². The van der Waals surface area contributed by atoms with E-state index < -0.39 is 0 Å². The number of amides is 2. The number of carbonyl (C=O) groups excluding carboxylic acids is 2. The highest BCUT2D eigenvalue weighted by atomic mass is 35.5. The maximum absolute atomic E-state index is 12.2. The van der Waals surface area contributed by atoms with Crippen LogP contribution in [0.15, 0.2) is 36.4 Å². The Bertz CT molecular complexity index is 804. The first-order valence-electron chi connectivity index (χ1n) is 8.06. The van der Waals surface area contributed by atoms with Gasteiger partial charge in [-0.05, 0) is 50.2 Å². The lowest BCUT2D eigenvalue weighted by Crippen LogP contribution is -2.36. The Kier molecular flexibility index (Phi) is 7.03. The summed E-state index contributed by atoms with van der Waals surface area (Å²) in [6.45, 7) is 4.05. The Balaban J connectivity index is 1.89. The molecule has 0 heterocycles. The monoisotopic (exact) mass is 393 g/mol. The van der Waals surface area contributed by atoms with Crippen molar-refractivity contribution >= 4 is 46.4 Å². The smallest absolute Gasteiger partial charge is 0.238 e. The van der Waals surface area contributed by atoms with Gasteiger partial charge >= 0.3 is 0 Å². The summed E-state index contributed by atoms with van der Waals surface area (Å²) in [5.41, 5.74) is 3.27. The molecule has 0 saturated heterocycles. The molecule has 26 heavy (non-hydrogen) atoms. The van der Waals surface area contributed by atoms with E-state index in [1.165, 1.54) is 0 Å². The van der Waals surface area contributed by atoms with Gasteiger partial charge in [-0.2, -0.15) is 0 Å². The lowest BCUT2D eigenvalue weighted by molar-refractivity contribution is -0.119. The van der Waals surface area contributed by atoms with Gasteiger partial charge in [-0.15, -0.1) is 0 Å². The quantitative estimate of drug-likeness (QED) is 0.775. The first kappa shape index (κ1) is 20.2. The maximum atomic E-state index is 12.2. The average Bonchev–Trinajstić information content (AvgIpc) is 2.55. The van der Waals surface area contributed by atoms with E-state index >= 15 is 0 Å². The van der Waals surface area contributed by atoms with Crippen LogP contribution in [0.3, 0.4) is 0 Å². The Morgan fingerprint density at radius 1 is 0.923 bits per heavy atom. The number of rotatable bonds is 6. The van der Waals surface area contributed by atoms with Crippen molar-refractivity contribution in [3.05, 3.63) is 57.6 Å². The number of nitrogens with one attached hydrogen (secondary N) is 2. The molecular weight excluding hydrogens is 373 g/mol. The molecule has 2 amide bonds. The molecule has 0 aliphatic rings. The lowest BCUT2D eigenvalue weighted by Gasteiger charge is -2.17. The summed E-state index contributed by atoms with van der Waals surface area (Å²) in [7, 11) is 1.69. The van der Waals surface area contributed by atoms with Crippen molar-refractivity contribution in [2.75, 3.05) is 30.8 Å². The summed E-state index contributed by atoms with van der Waals surface area (Å²) < 4.78 is 0. The molecule has 0 aromatic heterocycles. The lowest BCUT2D eigenvalue weighted by atomic mass is 10.1. The molecule has 0 bridgehead atoms. The minimum absolute atomic E-state index is 0.0295. The third-order valence-corrected chi connectivity index (χ3v) is 4.56. The molecule has 2 aromatic rings. The number of likely N-dealkylation sites (N-methyl/N-ethyl adjacent to an activating group) is 1. The van der Waals surface area contributed by atoms with Gasteiger partial charge in [-0.3, -0.25) is 14.5 Å². The topological polar surface area (TPSA) is 61.4 Å². The highest BCUT2D eigenvalue weighted by Gasteiger charge is 2.14. The highest BCUT2D eigenvalue weighted by molar-refractivity contribution is 6.39. The number of aryl methyl sites for hydroxylation is 1. The number of nitrogens with zero attached hydrogens (tertiary/aromatic N) is 1. The molecule has 5 nitrogen and oxygen atoms in total. The van der Waals surface area contributed by atoms with E-state index in [1.807, 2.05) is 32.0 Å². The zero-order chi connectivity index (χ0) is 19.3. The summed E-state index contributed by atoms with van der Waals surface area (Å²) in [6, 6.07) is 10.7. The van der Waals surface area contributed by atoms with E-state index in [4.69, 9.17) is 23.2 Å². The van der Waals surface area contributed by atoms with Gasteiger partial charge < -0.3 is 10.6 Å². The molecule has 0 atom stereocenters. The Labute approximate surface area is 163 Å². The van der Waals surface area contributed by atoms with Crippen molar-refractivity contribution in [1.82, 2.24) is 4.90 Å². The minimum atomic E-state index is -0.304. The normalized spacial score (nSPS) is 10.7. The third-order valence-electron chi connectivity index (χ3n) is 3.93. The third kappa shape index (κ3) is 5.46. The number of anilines is 2. The van der Waals surface area contributed by atoms with Gasteiger partial charge in [0.1, 0.15) is 0 Å². The van der Waals surface area contributed by atoms with Crippen molar-refractivity contribution in [2.24, 2.45) is 0 Å². The summed E-state index contributed by atoms with van der Waals surface area (Å²) in [6.07, 6.45) is 0. The zero-order valence-electron chi connectivity index (χ0n) is 14.9. The van der Waals surface area contributed by atoms with E-state index in [2.05, 4.69) is 10.6 Å². The molecule has 7 heteroatoms. The average molecular weight is 394 g/mol. The van der Waals surface area contributed by atoms with Crippen LogP contribution in [0.1, 0.15) is 11.1 Å². The largest absolute Gasteiger partial charge is 0.325 e. The van der Waals surface area contributed by atoms with Gasteiger partial charge in [-0.25, -0.2) is 0 Å². The predicted octanol–water partition coefficient (Wildman–Crippen LogP) is 4.12. The first-order chi connectivity index (χ1) is 12.3. The van der Waals surface area contributed by atoms with E-state index in [9.17, 15) is 9.59 Å². The highest BCUT2D eigenvalue weighted by Crippen LogP contribution is 2.29. The molecular formula is C19H21Cl2N3O2. The van der Waals surface area contributed by atoms with Crippen LogP contribution in [0, 0.1) is 13.8 Å². The van der Waals surface area contributed by atoms with Gasteiger partial charge in [0.25, 0.3) is 0 Å². The minimum Gasteiger partial charge on any atom is -0.325 e. The van der Waals surface area contributed by atoms with Crippen molar-refractivity contribution in [1.29, 1.82) is 0 Å². The van der Waals surface area contributed by atoms with Crippen LogP contribution in [-0.4, -0.2) is 36.9 Å². The molecule has 138 valence electrons. The van der Waals surface area contributed by atoms with E-state index in [0.29, 0.717) is 15.7 Å². The van der Waals surface area contributed by atoms with E-state index in [-0.39, 0.29) is 24.9 Å². The number of carbonyl (C=O) groups is 2. The zero-order valence-corrected chi connectivity index (χ0v) is 16.4. The fourth-order valence-corrected chi connectivity index (χ4v) is 2.91. The van der Waals surface area contributed by atoms with Crippen molar-refractivity contribution in [2.45, 2.75) is 13.8 Å². The maximum Gasteiger partial charge on any atom is 0.238 e. The van der Waals surface area contributed by atoms with Crippen LogP contribution in [0.25, 0.3) is 0 Å². The number of para-hydroxylation sites is 1. The molecule has 2 aromatic carbocycles. The molecule has 0 aliphatic carbocycles. The molecule has 0 saturated carbocycles. The molecule has 0 aliphatic heterocycles. The second-order valence-electron chi connectivity index (χ2n) is 6.11. The fraction of sp³-hybridized carbons (Fsp3) is 0.263. The molecule has 2 N–H and O–H groups in total. The van der Waals surface area contributed by atoms with E-state index in [0.717, 1.165) is 16.8 Å². The first-order valence-corrected chi connectivity index (χ1v) is 8.82. The van der Waals surface area contributed by atoms with Crippen LogP contribution in [0.2, 0.25) is 10.0 Å². The molecule has 0 radical (unpaired) electrons. The molecule has 2 rings (SSSR count). The van der Waals surface area contributed by atoms with Crippen molar-refractivity contribution < 1.29 is 9.59 Å². The SMILES string of the molecule is Cc1cccc(NC(=O)CN(C)CC(=O)Nc2c(Cl)cccc2Cl)c1C. The summed E-state index contributed by atoms with van der Waals surface area (Å²) in [5, 5.41) is 6.27. The predicted molar refractivity (Wildman–Crippen MR) is 107 cm³/mol. The summed E-state index contributed by atoms with van der Waals surface area (Å²) in [4.78, 5) is 26.0. The standard InChI is InChI=1S/C19H21Cl2N3O2/c1-12-6-4-9-16(13(12)2)22-17(25)10-24(3)11-18(26)23-19-14(20)7-5-8-15(19)21/h4-9H,10-11H2,1-3H3,(H,22,25)(H,23,26). The summed E-state index contributed by atoms with van der Waals surface area (Å²) >= 11 is 12.1. The second-order valence-corrected chi connectivity index (χ2v) is 6.93. The van der Waals surface area contributed by atoms with Crippen LogP contribution < -0.4 is 10.6 Å². The van der Waals surface area contributed by atoms with Gasteiger partial charge in [0.05, 0.1) is 28.8 Å². The van der Waals surface area contributed by atoms with Crippen LogP contribution >= 0.6 is 23.2 Å². The number of hydrogen-bond acceptors (Lipinski definition) is 3. The second kappa shape index (κ2) is 9.03. The van der Waals surface area contributed by atoms with Crippen LogP contribution in [-0.2, 0) is 9.59 Å². The van der Waals surface area contributed by atoms with Gasteiger partial charge in [0.15, 0.2) is 0 Å². The molecule has 0 fully saturated rings. The Morgan fingerprint density at radius 2 is 1.46 bits per heavy atom. The Morgan fingerprint density at radius 3 is 2.08 bits per heavy atom. The van der Waals surface area contributed by atoms with Crippen molar-refractivity contribution in [3.63, 3.8) is 0 Å². The van der Waals surface area contributed by atoms with Gasteiger partial charge in [0, 0.05) is 5.69 Å². The van der Waals surface area contributed by atoms with E-state index in [1.54, 1.807) is 30.1 Å². The van der Waals surface area contributed by atoms with Gasteiger partial charge in [-0.1, -0.05) is 41.4 Å². The fourth-order valence-electron chi connectivity index (χ4n) is 2.42. The van der Waals surface area contributed by atoms with Gasteiger partial charge in [0.2, 0.25) is 11.8 Å². The number of hydrogen-bond donors (Lipinski definition) is 2. The van der Waals surface area contributed by atoms with Crippen LogP contribution in [0.4, 0.5) is 11.4 Å². The molecule has 0 unspecified atom stereocenters. The number of benzene rings is 2. The molecule has 0 spiro atoms. The summed E-state index contributed by atoms with van der Waals surface area (Å²) in [5.74, 6) is -0.494. The Hall–Kier alpha value is -2.08. The van der Waals surface area contributed by atoms with Crippen LogP contribution in [0.5, 0.6) is 0 Å². The number of halogens is 2.